The average molecular weight is 166 g/mol. The van der Waals surface area contributed by atoms with Crippen LogP contribution in [0, 0.1) is 11.8 Å². The van der Waals surface area contributed by atoms with E-state index in [4.69, 9.17) is 4.79 Å². The van der Waals surface area contributed by atoms with Crippen molar-refractivity contribution < 1.29 is 4.79 Å². The van der Waals surface area contributed by atoms with Gasteiger partial charge in [-0.1, -0.05) is 44.6 Å². The van der Waals surface area contributed by atoms with Crippen LogP contribution in [0.4, 0.5) is 0 Å². The maximum atomic E-state index is 8.00. The molecule has 1 rings (SSSR count). The molecule has 1 heteroatoms. The molecule has 0 aliphatic heterocycles. The van der Waals surface area contributed by atoms with Crippen molar-refractivity contribution in [3.8, 4) is 0 Å². The van der Waals surface area contributed by atoms with Crippen molar-refractivity contribution in [1.29, 1.82) is 0 Å². The molecule has 1 aliphatic rings. The van der Waals surface area contributed by atoms with Crippen LogP contribution < -0.4 is 0 Å². The average Bonchev–Trinajstić information content (AvgIpc) is 2.13. The van der Waals surface area contributed by atoms with Crippen LogP contribution in [0.25, 0.3) is 0 Å². The molecule has 0 saturated carbocycles. The molecule has 12 heavy (non-hydrogen) atoms. The van der Waals surface area contributed by atoms with E-state index in [2.05, 4.69) is 39.0 Å². The quantitative estimate of drug-likeness (QED) is 0.585. The fourth-order valence-electron chi connectivity index (χ4n) is 1.23. The maximum Gasteiger partial charge on any atom is 0.106 e. The van der Waals surface area contributed by atoms with Gasteiger partial charge in [0.05, 0.1) is 0 Å². The van der Waals surface area contributed by atoms with Crippen molar-refractivity contribution in [2.24, 2.45) is 11.8 Å². The van der Waals surface area contributed by atoms with Crippen LogP contribution in [0.3, 0.4) is 0 Å². The lowest BCUT2D eigenvalue weighted by molar-refractivity contribution is -0.0979. The molecule has 0 heterocycles. The lowest BCUT2D eigenvalue weighted by Gasteiger charge is -2.18. The highest BCUT2D eigenvalue weighted by molar-refractivity contribution is 5.24. The fourth-order valence-corrected chi connectivity index (χ4v) is 1.23. The number of hydrogen-bond donors (Lipinski definition) is 0. The Kier molecular flexibility index (Phi) is 5.35. The molecule has 0 N–H and O–H groups in total. The van der Waals surface area contributed by atoms with E-state index in [-0.39, 0.29) is 0 Å². The number of carbonyl (C=O) groups excluding carboxylic acids is 1. The highest BCUT2D eigenvalue weighted by Crippen LogP contribution is 2.22. The van der Waals surface area contributed by atoms with E-state index >= 15 is 0 Å². The van der Waals surface area contributed by atoms with Gasteiger partial charge < -0.3 is 4.79 Å². The van der Waals surface area contributed by atoms with Crippen LogP contribution >= 0.6 is 0 Å². The summed E-state index contributed by atoms with van der Waals surface area (Å²) in [5.74, 6) is 1.47. The predicted octanol–water partition coefficient (Wildman–Crippen LogP) is 2.98. The minimum Gasteiger partial charge on any atom is -0.307 e. The molecule has 2 atom stereocenters. The van der Waals surface area contributed by atoms with Gasteiger partial charge in [-0.05, 0) is 18.3 Å². The lowest BCUT2D eigenvalue weighted by Crippen LogP contribution is -2.06. The monoisotopic (exact) mass is 166 g/mol. The van der Waals surface area contributed by atoms with Crippen molar-refractivity contribution in [1.82, 2.24) is 0 Å². The van der Waals surface area contributed by atoms with Gasteiger partial charge >= 0.3 is 0 Å². The van der Waals surface area contributed by atoms with Gasteiger partial charge in [0.2, 0.25) is 0 Å². The second-order valence-electron chi connectivity index (χ2n) is 3.17. The maximum absolute atomic E-state index is 8.00. The third-order valence-electron chi connectivity index (χ3n) is 2.33. The van der Waals surface area contributed by atoms with E-state index in [1.54, 1.807) is 0 Å². The topological polar surface area (TPSA) is 17.1 Å². The zero-order valence-corrected chi connectivity index (χ0v) is 8.21. The van der Waals surface area contributed by atoms with Gasteiger partial charge in [-0.3, -0.25) is 0 Å². The molecular formula is C11H18O. The summed E-state index contributed by atoms with van der Waals surface area (Å²) in [5.41, 5.74) is 1.49. The SMILES string of the molecule is C=O.CCC1=CC(C)[C@@H](C)C=C1. The van der Waals surface area contributed by atoms with Crippen LogP contribution in [0.2, 0.25) is 0 Å². The highest BCUT2D eigenvalue weighted by Gasteiger charge is 2.10. The summed E-state index contributed by atoms with van der Waals surface area (Å²) in [6.07, 6.45) is 8.12. The van der Waals surface area contributed by atoms with Gasteiger partial charge in [0.25, 0.3) is 0 Å². The van der Waals surface area contributed by atoms with Crippen molar-refractivity contribution >= 4 is 6.79 Å². The molecule has 0 aromatic carbocycles. The summed E-state index contributed by atoms with van der Waals surface area (Å²) < 4.78 is 0. The van der Waals surface area contributed by atoms with Crippen LogP contribution in [0.5, 0.6) is 0 Å². The summed E-state index contributed by atoms with van der Waals surface area (Å²) in [5, 5.41) is 0. The predicted molar refractivity (Wildman–Crippen MR) is 53.0 cm³/mol. The van der Waals surface area contributed by atoms with E-state index in [9.17, 15) is 0 Å². The zero-order valence-electron chi connectivity index (χ0n) is 8.21. The summed E-state index contributed by atoms with van der Waals surface area (Å²) in [7, 11) is 0. The number of carbonyl (C=O) groups is 1. The number of rotatable bonds is 1. The molecule has 1 nitrogen and oxygen atoms in total. The normalized spacial score (nSPS) is 27.1. The standard InChI is InChI=1S/C10H16.CH2O/c1-4-10-6-5-8(2)9(3)7-10;1-2/h5-9H,4H2,1-3H3;1H2/t8-,9?;/m0./s1. The molecule has 0 spiro atoms. The highest BCUT2D eigenvalue weighted by atomic mass is 16.1. The first kappa shape index (κ1) is 11.2. The molecule has 0 aromatic heterocycles. The van der Waals surface area contributed by atoms with E-state index in [1.807, 2.05) is 6.79 Å². The second-order valence-corrected chi connectivity index (χ2v) is 3.17. The van der Waals surface area contributed by atoms with Gasteiger partial charge in [0.15, 0.2) is 0 Å². The van der Waals surface area contributed by atoms with Crippen LogP contribution in [-0.4, -0.2) is 6.79 Å². The van der Waals surface area contributed by atoms with E-state index < -0.39 is 0 Å². The van der Waals surface area contributed by atoms with Crippen molar-refractivity contribution in [3.05, 3.63) is 23.8 Å². The zero-order chi connectivity index (χ0) is 9.56. The Morgan fingerprint density at radius 2 is 1.92 bits per heavy atom. The summed E-state index contributed by atoms with van der Waals surface area (Å²) in [4.78, 5) is 8.00. The first-order valence-corrected chi connectivity index (χ1v) is 4.41. The molecule has 1 aliphatic carbocycles. The Hall–Kier alpha value is -0.850. The van der Waals surface area contributed by atoms with Gasteiger partial charge in [-0.25, -0.2) is 0 Å². The lowest BCUT2D eigenvalue weighted by atomic mass is 9.88. The fraction of sp³-hybridized carbons (Fsp3) is 0.545. The first-order chi connectivity index (χ1) is 5.74. The van der Waals surface area contributed by atoms with Crippen LogP contribution in [0.15, 0.2) is 23.8 Å². The number of hydrogen-bond acceptors (Lipinski definition) is 1. The largest absolute Gasteiger partial charge is 0.307 e. The Morgan fingerprint density at radius 1 is 1.33 bits per heavy atom. The molecule has 1 unspecified atom stereocenters. The van der Waals surface area contributed by atoms with Crippen molar-refractivity contribution in [2.75, 3.05) is 0 Å². The molecule has 68 valence electrons. The summed E-state index contributed by atoms with van der Waals surface area (Å²) >= 11 is 0. The summed E-state index contributed by atoms with van der Waals surface area (Å²) in [6.45, 7) is 8.76. The summed E-state index contributed by atoms with van der Waals surface area (Å²) in [6, 6.07) is 0. The molecule has 0 fully saturated rings. The smallest absolute Gasteiger partial charge is 0.106 e. The van der Waals surface area contributed by atoms with Crippen LogP contribution in [-0.2, 0) is 4.79 Å². The third kappa shape index (κ3) is 3.04. The molecule has 0 aromatic rings. The third-order valence-corrected chi connectivity index (χ3v) is 2.33. The van der Waals surface area contributed by atoms with Crippen LogP contribution in [0.1, 0.15) is 27.2 Å². The number of allylic oxidation sites excluding steroid dienone is 4. The molecule has 0 amide bonds. The molecule has 0 bridgehead atoms. The van der Waals surface area contributed by atoms with Crippen molar-refractivity contribution in [2.45, 2.75) is 27.2 Å². The van der Waals surface area contributed by atoms with E-state index in [1.165, 1.54) is 12.0 Å². The van der Waals surface area contributed by atoms with Crippen molar-refractivity contribution in [3.63, 3.8) is 0 Å². The second kappa shape index (κ2) is 5.76. The molecular weight excluding hydrogens is 148 g/mol. The van der Waals surface area contributed by atoms with E-state index in [0.717, 1.165) is 11.8 Å². The first-order valence-electron chi connectivity index (χ1n) is 4.41. The molecule has 0 saturated heterocycles. The minimum absolute atomic E-state index is 0.732. The Bertz CT molecular complexity index is 179. The van der Waals surface area contributed by atoms with Gasteiger partial charge in [0, 0.05) is 0 Å². The molecule has 0 radical (unpaired) electrons. The Labute approximate surface area is 75.2 Å². The van der Waals surface area contributed by atoms with Gasteiger partial charge in [-0.2, -0.15) is 0 Å². The Balaban J connectivity index is 0.000000561. The minimum atomic E-state index is 0.732. The van der Waals surface area contributed by atoms with Gasteiger partial charge in [-0.15, -0.1) is 0 Å². The Morgan fingerprint density at radius 3 is 2.33 bits per heavy atom. The van der Waals surface area contributed by atoms with E-state index in [0.29, 0.717) is 0 Å². The van der Waals surface area contributed by atoms with Gasteiger partial charge in [0.1, 0.15) is 6.79 Å².